The molecule has 7 heteroatoms. The SMILES string of the molecule is COc1ccc(CCNC(N)=NCC2CCN(c3cc(OC)cc(OC)c3)C2)cc1. The van der Waals surface area contributed by atoms with Gasteiger partial charge in [-0.2, -0.15) is 0 Å². The number of rotatable bonds is 9. The smallest absolute Gasteiger partial charge is 0.188 e. The number of nitrogens with one attached hydrogen (secondary N) is 1. The third kappa shape index (κ3) is 5.95. The van der Waals surface area contributed by atoms with Gasteiger partial charge in [-0.15, -0.1) is 0 Å². The van der Waals surface area contributed by atoms with E-state index < -0.39 is 0 Å². The van der Waals surface area contributed by atoms with Gasteiger partial charge in [0.25, 0.3) is 0 Å². The van der Waals surface area contributed by atoms with Crippen molar-refractivity contribution < 1.29 is 14.2 Å². The van der Waals surface area contributed by atoms with E-state index in [0.29, 0.717) is 11.9 Å². The highest BCUT2D eigenvalue weighted by Gasteiger charge is 2.23. The Kier molecular flexibility index (Phi) is 7.65. The highest BCUT2D eigenvalue weighted by molar-refractivity contribution is 5.77. The van der Waals surface area contributed by atoms with E-state index in [2.05, 4.69) is 27.3 Å². The van der Waals surface area contributed by atoms with Crippen molar-refractivity contribution in [3.8, 4) is 17.2 Å². The molecule has 1 saturated heterocycles. The van der Waals surface area contributed by atoms with Crippen LogP contribution in [0.4, 0.5) is 5.69 Å². The van der Waals surface area contributed by atoms with E-state index in [1.165, 1.54) is 5.56 Å². The number of hydrogen-bond acceptors (Lipinski definition) is 5. The first kappa shape index (κ1) is 21.6. The molecule has 1 fully saturated rings. The van der Waals surface area contributed by atoms with E-state index in [1.807, 2.05) is 30.3 Å². The van der Waals surface area contributed by atoms with Crippen molar-refractivity contribution in [3.05, 3.63) is 48.0 Å². The van der Waals surface area contributed by atoms with Crippen molar-refractivity contribution in [1.29, 1.82) is 0 Å². The fourth-order valence-corrected chi connectivity index (χ4v) is 3.60. The summed E-state index contributed by atoms with van der Waals surface area (Å²) >= 11 is 0. The monoisotopic (exact) mass is 412 g/mol. The fourth-order valence-electron chi connectivity index (χ4n) is 3.60. The Bertz CT molecular complexity index is 817. The minimum atomic E-state index is 0.476. The molecule has 0 spiro atoms. The van der Waals surface area contributed by atoms with Crippen LogP contribution >= 0.6 is 0 Å². The van der Waals surface area contributed by atoms with Crippen molar-refractivity contribution in [2.45, 2.75) is 12.8 Å². The second-order valence-electron chi connectivity index (χ2n) is 7.42. The maximum Gasteiger partial charge on any atom is 0.188 e. The van der Waals surface area contributed by atoms with E-state index >= 15 is 0 Å². The van der Waals surface area contributed by atoms with Crippen LogP contribution in [0.3, 0.4) is 0 Å². The molecule has 2 aromatic carbocycles. The number of nitrogens with zero attached hydrogens (tertiary/aromatic N) is 2. The van der Waals surface area contributed by atoms with E-state index in [1.54, 1.807) is 21.3 Å². The molecule has 2 aromatic rings. The van der Waals surface area contributed by atoms with Gasteiger partial charge in [0.15, 0.2) is 5.96 Å². The van der Waals surface area contributed by atoms with E-state index in [4.69, 9.17) is 19.9 Å². The molecule has 3 N–H and O–H groups in total. The van der Waals surface area contributed by atoms with Gasteiger partial charge in [-0.1, -0.05) is 12.1 Å². The molecule has 0 saturated carbocycles. The van der Waals surface area contributed by atoms with Crippen LogP contribution in [0.2, 0.25) is 0 Å². The van der Waals surface area contributed by atoms with Gasteiger partial charge in [-0.25, -0.2) is 0 Å². The minimum Gasteiger partial charge on any atom is -0.497 e. The predicted octanol–water partition coefficient (Wildman–Crippen LogP) is 2.69. The van der Waals surface area contributed by atoms with Gasteiger partial charge >= 0.3 is 0 Å². The zero-order valence-electron chi connectivity index (χ0n) is 18.1. The van der Waals surface area contributed by atoms with Gasteiger partial charge in [0.1, 0.15) is 17.2 Å². The van der Waals surface area contributed by atoms with E-state index in [-0.39, 0.29) is 0 Å². The van der Waals surface area contributed by atoms with Crippen molar-refractivity contribution in [2.75, 3.05) is 52.4 Å². The summed E-state index contributed by atoms with van der Waals surface area (Å²) in [4.78, 5) is 6.89. The number of nitrogens with two attached hydrogens (primary N) is 1. The molecule has 1 aliphatic heterocycles. The molecule has 162 valence electrons. The molecule has 1 aliphatic rings. The summed E-state index contributed by atoms with van der Waals surface area (Å²) in [6, 6.07) is 14.0. The van der Waals surface area contributed by atoms with Gasteiger partial charge < -0.3 is 30.2 Å². The van der Waals surface area contributed by atoms with Crippen molar-refractivity contribution in [1.82, 2.24) is 5.32 Å². The van der Waals surface area contributed by atoms with Gasteiger partial charge in [-0.05, 0) is 36.5 Å². The molecule has 0 aliphatic carbocycles. The summed E-state index contributed by atoms with van der Waals surface area (Å²) in [6.07, 6.45) is 1.97. The molecule has 0 aromatic heterocycles. The third-order valence-electron chi connectivity index (χ3n) is 5.39. The first-order valence-electron chi connectivity index (χ1n) is 10.3. The Hall–Kier alpha value is -3.09. The number of methoxy groups -OCH3 is 3. The maximum atomic E-state index is 6.06. The van der Waals surface area contributed by atoms with Crippen LogP contribution in [0.1, 0.15) is 12.0 Å². The molecular weight excluding hydrogens is 380 g/mol. The molecule has 1 atom stereocenters. The molecule has 7 nitrogen and oxygen atoms in total. The van der Waals surface area contributed by atoms with Crippen LogP contribution in [0.15, 0.2) is 47.5 Å². The Morgan fingerprint density at radius 1 is 1.03 bits per heavy atom. The number of anilines is 1. The molecule has 3 rings (SSSR count). The molecule has 0 amide bonds. The average molecular weight is 413 g/mol. The van der Waals surface area contributed by atoms with Crippen LogP contribution in [0.5, 0.6) is 17.2 Å². The van der Waals surface area contributed by atoms with Gasteiger partial charge in [0, 0.05) is 50.1 Å². The highest BCUT2D eigenvalue weighted by atomic mass is 16.5. The lowest BCUT2D eigenvalue weighted by atomic mass is 10.1. The molecule has 30 heavy (non-hydrogen) atoms. The second kappa shape index (κ2) is 10.6. The Balaban J connectivity index is 1.45. The lowest BCUT2D eigenvalue weighted by Gasteiger charge is -2.20. The summed E-state index contributed by atoms with van der Waals surface area (Å²) < 4.78 is 15.9. The maximum absolute atomic E-state index is 6.06. The van der Waals surface area contributed by atoms with Crippen LogP contribution in [0, 0.1) is 5.92 Å². The number of ether oxygens (including phenoxy) is 3. The number of guanidine groups is 1. The normalized spacial score (nSPS) is 16.4. The topological polar surface area (TPSA) is 81.3 Å². The highest BCUT2D eigenvalue weighted by Crippen LogP contribution is 2.31. The summed E-state index contributed by atoms with van der Waals surface area (Å²) in [5.41, 5.74) is 8.40. The molecular formula is C23H32N4O3. The van der Waals surface area contributed by atoms with Crippen LogP contribution in [-0.4, -0.2) is 53.5 Å². The molecule has 1 unspecified atom stereocenters. The van der Waals surface area contributed by atoms with E-state index in [0.717, 1.165) is 62.0 Å². The fraction of sp³-hybridized carbons (Fsp3) is 0.435. The Morgan fingerprint density at radius 3 is 2.33 bits per heavy atom. The summed E-state index contributed by atoms with van der Waals surface area (Å²) in [6.45, 7) is 3.40. The number of hydrogen-bond donors (Lipinski definition) is 2. The zero-order valence-corrected chi connectivity index (χ0v) is 18.1. The lowest BCUT2D eigenvalue weighted by molar-refractivity contribution is 0.394. The Labute approximate surface area is 178 Å². The average Bonchev–Trinajstić information content (AvgIpc) is 3.27. The number of benzene rings is 2. The summed E-state index contributed by atoms with van der Waals surface area (Å²) in [7, 11) is 5.01. The predicted molar refractivity (Wildman–Crippen MR) is 121 cm³/mol. The minimum absolute atomic E-state index is 0.476. The molecule has 0 radical (unpaired) electrons. The second-order valence-corrected chi connectivity index (χ2v) is 7.42. The lowest BCUT2D eigenvalue weighted by Crippen LogP contribution is -2.34. The van der Waals surface area contributed by atoms with Gasteiger partial charge in [0.05, 0.1) is 21.3 Å². The van der Waals surface area contributed by atoms with Crippen molar-refractivity contribution >= 4 is 11.6 Å². The van der Waals surface area contributed by atoms with Crippen molar-refractivity contribution in [2.24, 2.45) is 16.6 Å². The quantitative estimate of drug-likeness (QED) is 0.487. The van der Waals surface area contributed by atoms with Gasteiger partial charge in [0.2, 0.25) is 0 Å². The number of aliphatic imine (C=N–C) groups is 1. The first-order chi connectivity index (χ1) is 14.6. The molecule has 0 bridgehead atoms. The van der Waals surface area contributed by atoms with Crippen LogP contribution < -0.4 is 30.2 Å². The first-order valence-corrected chi connectivity index (χ1v) is 10.3. The van der Waals surface area contributed by atoms with E-state index in [9.17, 15) is 0 Å². The summed E-state index contributed by atoms with van der Waals surface area (Å²) in [5, 5.41) is 3.21. The summed E-state index contributed by atoms with van der Waals surface area (Å²) in [5.74, 6) is 3.45. The largest absolute Gasteiger partial charge is 0.497 e. The standard InChI is InChI=1S/C23H32N4O3/c1-28-20-6-4-17(5-7-20)8-10-25-23(24)26-15-18-9-11-27(16-18)19-12-21(29-2)14-22(13-19)30-3/h4-7,12-14,18H,8-11,15-16H2,1-3H3,(H3,24,25,26). The molecule has 1 heterocycles. The third-order valence-corrected chi connectivity index (χ3v) is 5.39. The van der Waals surface area contributed by atoms with Crippen LogP contribution in [0.25, 0.3) is 0 Å². The van der Waals surface area contributed by atoms with Crippen molar-refractivity contribution in [3.63, 3.8) is 0 Å². The van der Waals surface area contributed by atoms with Gasteiger partial charge in [-0.3, -0.25) is 4.99 Å². The van der Waals surface area contributed by atoms with Crippen LogP contribution in [-0.2, 0) is 6.42 Å². The zero-order chi connectivity index (χ0) is 21.3. The Morgan fingerprint density at radius 2 is 1.70 bits per heavy atom.